The molecule has 8 nitrogen and oxygen atoms in total. The summed E-state index contributed by atoms with van der Waals surface area (Å²) in [6.45, 7) is 10.4. The molecular weight excluding hydrogens is 350 g/mol. The molecule has 0 radical (unpaired) electrons. The molecule has 0 saturated carbocycles. The van der Waals surface area contributed by atoms with Crippen LogP contribution in [0.2, 0.25) is 0 Å². The highest BCUT2D eigenvalue weighted by molar-refractivity contribution is 5.68. The molecule has 0 N–H and O–H groups in total. The summed E-state index contributed by atoms with van der Waals surface area (Å²) in [5.41, 5.74) is 1.12. The lowest BCUT2D eigenvalue weighted by Crippen LogP contribution is -2.60. The van der Waals surface area contributed by atoms with Crippen molar-refractivity contribution in [3.8, 4) is 0 Å². The Morgan fingerprint density at radius 2 is 2.04 bits per heavy atom. The van der Waals surface area contributed by atoms with Gasteiger partial charge >= 0.3 is 6.09 Å². The van der Waals surface area contributed by atoms with Crippen molar-refractivity contribution >= 4 is 11.8 Å². The molecule has 2 saturated heterocycles. The Morgan fingerprint density at radius 3 is 2.70 bits per heavy atom. The lowest BCUT2D eigenvalue weighted by Gasteiger charge is -2.46. The fraction of sp³-hybridized carbons (Fsp3) is 0.632. The molecule has 2 atom stereocenters. The van der Waals surface area contributed by atoms with Gasteiger partial charge in [0.15, 0.2) is 0 Å². The molecule has 3 rings (SSSR count). The Morgan fingerprint density at radius 1 is 1.30 bits per heavy atom. The van der Waals surface area contributed by atoms with E-state index < -0.39 is 5.60 Å². The van der Waals surface area contributed by atoms with E-state index in [4.69, 9.17) is 9.47 Å². The van der Waals surface area contributed by atoms with E-state index in [1.165, 1.54) is 6.07 Å². The minimum atomic E-state index is -0.512. The van der Waals surface area contributed by atoms with Gasteiger partial charge in [-0.15, -0.1) is 0 Å². The zero-order valence-electron chi connectivity index (χ0n) is 16.3. The number of hydrogen-bond acceptors (Lipinski definition) is 6. The number of piperazine rings is 1. The third kappa shape index (κ3) is 4.39. The fourth-order valence-electron chi connectivity index (χ4n) is 3.65. The van der Waals surface area contributed by atoms with E-state index in [-0.39, 0.29) is 28.8 Å². The fourth-order valence-corrected chi connectivity index (χ4v) is 3.65. The molecule has 8 heteroatoms. The molecule has 27 heavy (non-hydrogen) atoms. The highest BCUT2D eigenvalue weighted by Gasteiger charge is 2.37. The number of morpholine rings is 1. The summed E-state index contributed by atoms with van der Waals surface area (Å²) in [6.07, 6.45) is -0.493. The summed E-state index contributed by atoms with van der Waals surface area (Å²) in [5.74, 6) is 0. The quantitative estimate of drug-likeness (QED) is 0.582. The summed E-state index contributed by atoms with van der Waals surface area (Å²) >= 11 is 0. The van der Waals surface area contributed by atoms with Crippen molar-refractivity contribution in [3.05, 3.63) is 39.4 Å². The molecule has 2 heterocycles. The van der Waals surface area contributed by atoms with Gasteiger partial charge < -0.3 is 14.4 Å². The molecule has 148 valence electrons. The van der Waals surface area contributed by atoms with Crippen LogP contribution < -0.4 is 0 Å². The molecule has 1 amide bonds. The van der Waals surface area contributed by atoms with Crippen LogP contribution in [0.25, 0.3) is 0 Å². The zero-order chi connectivity index (χ0) is 19.8. The van der Waals surface area contributed by atoms with Gasteiger partial charge in [-0.05, 0) is 33.3 Å². The van der Waals surface area contributed by atoms with Crippen LogP contribution >= 0.6 is 0 Å². The SMILES string of the molecule is Cc1c(C2CN3CCN(C(=O)OC(C)(C)C)C[C@H]3CO2)cccc1[N+](=O)[O-]. The van der Waals surface area contributed by atoms with Crippen molar-refractivity contribution in [1.82, 2.24) is 9.80 Å². The number of carbonyl (C=O) groups excluding carboxylic acids is 1. The van der Waals surface area contributed by atoms with Crippen molar-refractivity contribution < 1.29 is 19.2 Å². The first-order valence-electron chi connectivity index (χ1n) is 9.23. The highest BCUT2D eigenvalue weighted by Crippen LogP contribution is 2.32. The van der Waals surface area contributed by atoms with E-state index in [9.17, 15) is 14.9 Å². The van der Waals surface area contributed by atoms with Gasteiger partial charge in [-0.3, -0.25) is 15.0 Å². The van der Waals surface area contributed by atoms with Gasteiger partial charge in [0.05, 0.1) is 23.7 Å². The Hall–Kier alpha value is -2.19. The monoisotopic (exact) mass is 377 g/mol. The molecule has 0 aliphatic carbocycles. The van der Waals surface area contributed by atoms with E-state index in [2.05, 4.69) is 4.90 Å². The van der Waals surface area contributed by atoms with E-state index in [1.807, 2.05) is 26.8 Å². The summed E-state index contributed by atoms with van der Waals surface area (Å²) in [7, 11) is 0. The summed E-state index contributed by atoms with van der Waals surface area (Å²) in [4.78, 5) is 27.2. The van der Waals surface area contributed by atoms with Gasteiger partial charge in [-0.25, -0.2) is 4.79 Å². The molecule has 0 spiro atoms. The number of fused-ring (bicyclic) bond motifs is 1. The van der Waals surface area contributed by atoms with Crippen LogP contribution in [-0.4, -0.2) is 65.2 Å². The van der Waals surface area contributed by atoms with Gasteiger partial charge in [-0.1, -0.05) is 12.1 Å². The van der Waals surface area contributed by atoms with Crippen molar-refractivity contribution in [2.75, 3.05) is 32.8 Å². The van der Waals surface area contributed by atoms with E-state index in [0.717, 1.165) is 12.1 Å². The number of nitro benzene ring substituents is 1. The molecule has 2 aliphatic rings. The van der Waals surface area contributed by atoms with Crippen LogP contribution in [0.3, 0.4) is 0 Å². The van der Waals surface area contributed by atoms with Crippen molar-refractivity contribution in [3.63, 3.8) is 0 Å². The van der Waals surface area contributed by atoms with Crippen molar-refractivity contribution in [2.45, 2.75) is 45.4 Å². The highest BCUT2D eigenvalue weighted by atomic mass is 16.6. The van der Waals surface area contributed by atoms with Crippen LogP contribution in [0.1, 0.15) is 38.0 Å². The Bertz CT molecular complexity index is 731. The number of carbonyl (C=O) groups is 1. The lowest BCUT2D eigenvalue weighted by atomic mass is 9.98. The predicted octanol–water partition coefficient (Wildman–Crippen LogP) is 2.90. The maximum Gasteiger partial charge on any atom is 0.410 e. The molecular formula is C19H27N3O5. The van der Waals surface area contributed by atoms with Gasteiger partial charge in [-0.2, -0.15) is 0 Å². The lowest BCUT2D eigenvalue weighted by molar-refractivity contribution is -0.385. The average Bonchev–Trinajstić information content (AvgIpc) is 2.59. The second-order valence-corrected chi connectivity index (χ2v) is 8.15. The summed E-state index contributed by atoms with van der Waals surface area (Å²) < 4.78 is 11.5. The Labute approximate surface area is 159 Å². The van der Waals surface area contributed by atoms with Gasteiger partial charge in [0, 0.05) is 37.8 Å². The average molecular weight is 377 g/mol. The van der Waals surface area contributed by atoms with E-state index >= 15 is 0 Å². The molecule has 1 aromatic rings. The first-order valence-corrected chi connectivity index (χ1v) is 9.23. The van der Waals surface area contributed by atoms with Crippen LogP contribution in [0, 0.1) is 17.0 Å². The van der Waals surface area contributed by atoms with E-state index in [1.54, 1.807) is 17.9 Å². The Kier molecular flexibility index (Phi) is 5.39. The first-order chi connectivity index (χ1) is 12.7. The topological polar surface area (TPSA) is 85.2 Å². The first kappa shape index (κ1) is 19.6. The third-order valence-corrected chi connectivity index (χ3v) is 5.04. The number of hydrogen-bond donors (Lipinski definition) is 0. The van der Waals surface area contributed by atoms with Crippen LogP contribution in [0.4, 0.5) is 10.5 Å². The smallest absolute Gasteiger partial charge is 0.410 e. The van der Waals surface area contributed by atoms with Crippen LogP contribution in [-0.2, 0) is 9.47 Å². The largest absolute Gasteiger partial charge is 0.444 e. The van der Waals surface area contributed by atoms with Gasteiger partial charge in [0.25, 0.3) is 5.69 Å². The number of nitro groups is 1. The number of amides is 1. The van der Waals surface area contributed by atoms with Crippen molar-refractivity contribution in [2.24, 2.45) is 0 Å². The number of benzene rings is 1. The van der Waals surface area contributed by atoms with Crippen molar-refractivity contribution in [1.29, 1.82) is 0 Å². The predicted molar refractivity (Wildman–Crippen MR) is 99.7 cm³/mol. The molecule has 0 aromatic heterocycles. The minimum Gasteiger partial charge on any atom is -0.444 e. The zero-order valence-corrected chi connectivity index (χ0v) is 16.3. The minimum absolute atomic E-state index is 0.113. The third-order valence-electron chi connectivity index (χ3n) is 5.04. The maximum absolute atomic E-state index is 12.3. The second kappa shape index (κ2) is 7.44. The molecule has 2 fully saturated rings. The molecule has 1 unspecified atom stereocenters. The summed E-state index contributed by atoms with van der Waals surface area (Å²) in [5, 5.41) is 11.2. The Balaban J connectivity index is 1.66. The molecule has 0 bridgehead atoms. The normalized spacial score (nSPS) is 23.6. The van der Waals surface area contributed by atoms with Gasteiger partial charge in [0.1, 0.15) is 5.60 Å². The van der Waals surface area contributed by atoms with Crippen LogP contribution in [0.15, 0.2) is 18.2 Å². The standard InChI is InChI=1S/C19H27N3O5/c1-13-15(6-5-7-16(13)22(24)25)17-11-20-8-9-21(10-14(20)12-26-17)18(23)27-19(2,3)4/h5-7,14,17H,8-12H2,1-4H3/t14-,17?/m0/s1. The molecule has 1 aromatic carbocycles. The molecule has 2 aliphatic heterocycles. The maximum atomic E-state index is 12.3. The summed E-state index contributed by atoms with van der Waals surface area (Å²) in [6, 6.07) is 5.23. The number of ether oxygens (including phenoxy) is 2. The van der Waals surface area contributed by atoms with E-state index in [0.29, 0.717) is 31.8 Å². The number of rotatable bonds is 2. The van der Waals surface area contributed by atoms with Gasteiger partial charge in [0.2, 0.25) is 0 Å². The van der Waals surface area contributed by atoms with Crippen LogP contribution in [0.5, 0.6) is 0 Å². The number of nitrogens with zero attached hydrogens (tertiary/aromatic N) is 3. The second-order valence-electron chi connectivity index (χ2n) is 8.15.